The molecule has 1 aromatic rings. The zero-order valence-electron chi connectivity index (χ0n) is 12.6. The molecule has 3 heteroatoms. The Labute approximate surface area is 116 Å². The quantitative estimate of drug-likeness (QED) is 0.847. The number of nitrogens with zero attached hydrogens (tertiary/aromatic N) is 1. The standard InChI is InChI=1S/C16H26N2O/c1-5-19-15-9-13(17)8-14(10-15)18-7-6-12(11-18)16(2,3)4/h8-10,12H,5-7,11,17H2,1-4H3. The van der Waals surface area contributed by atoms with Gasteiger partial charge in [0.05, 0.1) is 6.61 Å². The molecule has 1 fully saturated rings. The molecule has 0 radical (unpaired) electrons. The molecular weight excluding hydrogens is 236 g/mol. The molecule has 106 valence electrons. The highest BCUT2D eigenvalue weighted by atomic mass is 16.5. The van der Waals surface area contributed by atoms with Crippen molar-refractivity contribution in [2.75, 3.05) is 30.3 Å². The minimum Gasteiger partial charge on any atom is -0.494 e. The first-order chi connectivity index (χ1) is 8.90. The molecule has 0 bridgehead atoms. The fourth-order valence-corrected chi connectivity index (χ4v) is 2.74. The summed E-state index contributed by atoms with van der Waals surface area (Å²) in [6, 6.07) is 6.04. The molecular formula is C16H26N2O. The average molecular weight is 262 g/mol. The van der Waals surface area contributed by atoms with E-state index >= 15 is 0 Å². The molecule has 2 rings (SSSR count). The van der Waals surface area contributed by atoms with Gasteiger partial charge in [0.15, 0.2) is 0 Å². The Morgan fingerprint density at radius 3 is 2.63 bits per heavy atom. The SMILES string of the molecule is CCOc1cc(N)cc(N2CCC(C(C)(C)C)C2)c1. The second kappa shape index (κ2) is 5.32. The topological polar surface area (TPSA) is 38.5 Å². The number of nitrogens with two attached hydrogens (primary N) is 1. The number of anilines is 2. The number of hydrogen-bond acceptors (Lipinski definition) is 3. The van der Waals surface area contributed by atoms with E-state index in [2.05, 4.69) is 31.7 Å². The van der Waals surface area contributed by atoms with Crippen molar-refractivity contribution in [2.24, 2.45) is 11.3 Å². The van der Waals surface area contributed by atoms with Crippen LogP contribution in [0.3, 0.4) is 0 Å². The van der Waals surface area contributed by atoms with Crippen molar-refractivity contribution in [3.63, 3.8) is 0 Å². The summed E-state index contributed by atoms with van der Waals surface area (Å²) in [6.07, 6.45) is 1.25. The smallest absolute Gasteiger partial charge is 0.123 e. The van der Waals surface area contributed by atoms with Gasteiger partial charge in [0.2, 0.25) is 0 Å². The predicted molar refractivity (Wildman–Crippen MR) is 81.8 cm³/mol. The molecule has 1 aliphatic heterocycles. The van der Waals surface area contributed by atoms with Gasteiger partial charge in [-0.15, -0.1) is 0 Å². The molecule has 1 unspecified atom stereocenters. The Bertz CT molecular complexity index is 437. The zero-order valence-corrected chi connectivity index (χ0v) is 12.6. The third-order valence-electron chi connectivity index (χ3n) is 4.00. The molecule has 1 aromatic carbocycles. The fourth-order valence-electron chi connectivity index (χ4n) is 2.74. The van der Waals surface area contributed by atoms with Crippen LogP contribution in [0.15, 0.2) is 18.2 Å². The molecule has 0 amide bonds. The Hall–Kier alpha value is -1.38. The van der Waals surface area contributed by atoms with E-state index in [9.17, 15) is 0 Å². The predicted octanol–water partition coefficient (Wildman–Crippen LogP) is 3.54. The Balaban J connectivity index is 2.15. The van der Waals surface area contributed by atoms with Crippen LogP contribution in [0.25, 0.3) is 0 Å². The molecule has 1 saturated heterocycles. The Kier molecular flexibility index (Phi) is 3.93. The van der Waals surface area contributed by atoms with E-state index in [0.717, 1.165) is 30.4 Å². The van der Waals surface area contributed by atoms with Crippen LogP contribution in [0.5, 0.6) is 5.75 Å². The van der Waals surface area contributed by atoms with Crippen LogP contribution in [0, 0.1) is 11.3 Å². The van der Waals surface area contributed by atoms with Gasteiger partial charge in [-0.1, -0.05) is 20.8 Å². The average Bonchev–Trinajstić information content (AvgIpc) is 2.77. The maximum Gasteiger partial charge on any atom is 0.123 e. The summed E-state index contributed by atoms with van der Waals surface area (Å²) in [6.45, 7) is 11.9. The summed E-state index contributed by atoms with van der Waals surface area (Å²) in [5.41, 5.74) is 8.31. The highest BCUT2D eigenvalue weighted by Crippen LogP contribution is 2.37. The number of hydrogen-bond donors (Lipinski definition) is 1. The first-order valence-electron chi connectivity index (χ1n) is 7.18. The van der Waals surface area contributed by atoms with Crippen molar-refractivity contribution in [3.8, 4) is 5.75 Å². The van der Waals surface area contributed by atoms with Gasteiger partial charge in [-0.25, -0.2) is 0 Å². The fraction of sp³-hybridized carbons (Fsp3) is 0.625. The number of benzene rings is 1. The number of ether oxygens (including phenoxy) is 1. The lowest BCUT2D eigenvalue weighted by Gasteiger charge is -2.27. The lowest BCUT2D eigenvalue weighted by Crippen LogP contribution is -2.25. The van der Waals surface area contributed by atoms with Gasteiger partial charge in [-0.3, -0.25) is 0 Å². The lowest BCUT2D eigenvalue weighted by atomic mass is 9.80. The minimum absolute atomic E-state index is 0.373. The van der Waals surface area contributed by atoms with Crippen LogP contribution in [0.1, 0.15) is 34.1 Å². The molecule has 0 saturated carbocycles. The Morgan fingerprint density at radius 1 is 1.32 bits per heavy atom. The molecule has 1 heterocycles. The van der Waals surface area contributed by atoms with Crippen LogP contribution >= 0.6 is 0 Å². The largest absolute Gasteiger partial charge is 0.494 e. The monoisotopic (exact) mass is 262 g/mol. The summed E-state index contributed by atoms with van der Waals surface area (Å²) in [7, 11) is 0. The van der Waals surface area contributed by atoms with Crippen molar-refractivity contribution < 1.29 is 4.74 Å². The van der Waals surface area contributed by atoms with Crippen LogP contribution in [0.4, 0.5) is 11.4 Å². The molecule has 3 nitrogen and oxygen atoms in total. The van der Waals surface area contributed by atoms with Gasteiger partial charge in [-0.05, 0) is 30.7 Å². The van der Waals surface area contributed by atoms with Gasteiger partial charge in [0.25, 0.3) is 0 Å². The van der Waals surface area contributed by atoms with Gasteiger partial charge in [0, 0.05) is 36.6 Å². The normalized spacial score (nSPS) is 19.8. The third kappa shape index (κ3) is 3.34. The van der Waals surface area contributed by atoms with E-state index in [1.54, 1.807) is 0 Å². The summed E-state index contributed by atoms with van der Waals surface area (Å²) in [5, 5.41) is 0. The van der Waals surface area contributed by atoms with E-state index in [1.165, 1.54) is 12.1 Å². The highest BCUT2D eigenvalue weighted by Gasteiger charge is 2.31. The highest BCUT2D eigenvalue weighted by molar-refractivity contribution is 5.61. The van der Waals surface area contributed by atoms with Crippen molar-refractivity contribution in [3.05, 3.63) is 18.2 Å². The second-order valence-electron chi connectivity index (χ2n) is 6.49. The van der Waals surface area contributed by atoms with Crippen LogP contribution in [-0.4, -0.2) is 19.7 Å². The van der Waals surface area contributed by atoms with Crippen molar-refractivity contribution in [2.45, 2.75) is 34.1 Å². The maximum absolute atomic E-state index is 5.97. The van der Waals surface area contributed by atoms with E-state index in [4.69, 9.17) is 10.5 Å². The third-order valence-corrected chi connectivity index (χ3v) is 4.00. The zero-order chi connectivity index (χ0) is 14.0. The molecule has 1 aliphatic rings. The molecule has 0 aromatic heterocycles. The van der Waals surface area contributed by atoms with E-state index in [0.29, 0.717) is 12.0 Å². The molecule has 19 heavy (non-hydrogen) atoms. The van der Waals surface area contributed by atoms with Gasteiger partial charge in [0.1, 0.15) is 5.75 Å². The number of rotatable bonds is 3. The summed E-state index contributed by atoms with van der Waals surface area (Å²) >= 11 is 0. The molecule has 1 atom stereocenters. The molecule has 0 spiro atoms. The number of nitrogen functional groups attached to an aromatic ring is 1. The second-order valence-corrected chi connectivity index (χ2v) is 6.49. The first-order valence-corrected chi connectivity index (χ1v) is 7.18. The van der Waals surface area contributed by atoms with Gasteiger partial charge >= 0.3 is 0 Å². The van der Waals surface area contributed by atoms with Crippen LogP contribution in [0.2, 0.25) is 0 Å². The maximum atomic E-state index is 5.97. The van der Waals surface area contributed by atoms with Crippen molar-refractivity contribution in [1.29, 1.82) is 0 Å². The Morgan fingerprint density at radius 2 is 2.05 bits per heavy atom. The van der Waals surface area contributed by atoms with E-state index < -0.39 is 0 Å². The van der Waals surface area contributed by atoms with Crippen LogP contribution < -0.4 is 15.4 Å². The first kappa shape index (κ1) is 14.0. The van der Waals surface area contributed by atoms with Crippen molar-refractivity contribution in [1.82, 2.24) is 0 Å². The molecule has 2 N–H and O–H groups in total. The van der Waals surface area contributed by atoms with Gasteiger partial charge < -0.3 is 15.4 Å². The summed E-state index contributed by atoms with van der Waals surface area (Å²) in [5.74, 6) is 1.61. The summed E-state index contributed by atoms with van der Waals surface area (Å²) < 4.78 is 5.57. The van der Waals surface area contributed by atoms with Crippen molar-refractivity contribution >= 4 is 11.4 Å². The van der Waals surface area contributed by atoms with E-state index in [-0.39, 0.29) is 0 Å². The van der Waals surface area contributed by atoms with Gasteiger partial charge in [-0.2, -0.15) is 0 Å². The van der Waals surface area contributed by atoms with Crippen LogP contribution in [-0.2, 0) is 0 Å². The molecule has 0 aliphatic carbocycles. The van der Waals surface area contributed by atoms with E-state index in [1.807, 2.05) is 19.1 Å². The lowest BCUT2D eigenvalue weighted by molar-refractivity contribution is 0.263. The summed E-state index contributed by atoms with van der Waals surface area (Å²) in [4.78, 5) is 2.43. The minimum atomic E-state index is 0.373.